The highest BCUT2D eigenvalue weighted by Crippen LogP contribution is 2.30. The summed E-state index contributed by atoms with van der Waals surface area (Å²) < 4.78 is 31.1. The average Bonchev–Trinajstić information content (AvgIpc) is 2.69. The second-order valence-electron chi connectivity index (χ2n) is 7.18. The molecular formula is C21H25NO5S. The van der Waals surface area contributed by atoms with Crippen LogP contribution in [0.3, 0.4) is 0 Å². The van der Waals surface area contributed by atoms with Gasteiger partial charge in [0.05, 0.1) is 17.3 Å². The number of likely N-dealkylation sites (tertiary alicyclic amines) is 1. The Bertz CT molecular complexity index is 922. The predicted molar refractivity (Wildman–Crippen MR) is 106 cm³/mol. The maximum Gasteiger partial charge on any atom is 0.320 e. The molecule has 28 heavy (non-hydrogen) atoms. The number of carboxylic acid groups (broad SMARTS) is 1. The number of ether oxygens (including phenoxy) is 1. The van der Waals surface area contributed by atoms with E-state index in [1.54, 1.807) is 12.1 Å². The van der Waals surface area contributed by atoms with Crippen molar-refractivity contribution in [2.45, 2.75) is 42.5 Å². The first-order valence-electron chi connectivity index (χ1n) is 9.21. The molecule has 0 aromatic heterocycles. The predicted octanol–water partition coefficient (Wildman–Crippen LogP) is 2.90. The largest absolute Gasteiger partial charge is 0.497 e. The summed E-state index contributed by atoms with van der Waals surface area (Å²) >= 11 is 0. The summed E-state index contributed by atoms with van der Waals surface area (Å²) in [5.41, 5.74) is 2.16. The smallest absolute Gasteiger partial charge is 0.320 e. The SMILES string of the molecule is COc1ccc(S(=O)(=O)C2CCN(Cc3ccc(C)cc3)C(C(=O)O)C2)cc1. The second-order valence-corrected chi connectivity index (χ2v) is 9.41. The van der Waals surface area contributed by atoms with E-state index in [2.05, 4.69) is 0 Å². The van der Waals surface area contributed by atoms with E-state index in [9.17, 15) is 18.3 Å². The molecule has 2 atom stereocenters. The molecule has 0 amide bonds. The third-order valence-corrected chi connectivity index (χ3v) is 7.52. The fraction of sp³-hybridized carbons (Fsp3) is 0.381. The Morgan fingerprint density at radius 1 is 1.14 bits per heavy atom. The van der Waals surface area contributed by atoms with Gasteiger partial charge in [0.1, 0.15) is 11.8 Å². The molecule has 1 aliphatic heterocycles. The van der Waals surface area contributed by atoms with Crippen LogP contribution in [0.5, 0.6) is 5.75 Å². The van der Waals surface area contributed by atoms with Gasteiger partial charge in [-0.05, 0) is 49.6 Å². The molecule has 2 unspecified atom stereocenters. The lowest BCUT2D eigenvalue weighted by Crippen LogP contribution is -2.49. The van der Waals surface area contributed by atoms with Gasteiger partial charge in [0.2, 0.25) is 0 Å². The van der Waals surface area contributed by atoms with Gasteiger partial charge < -0.3 is 9.84 Å². The van der Waals surface area contributed by atoms with Crippen LogP contribution in [0.25, 0.3) is 0 Å². The minimum absolute atomic E-state index is 0.0789. The molecule has 7 heteroatoms. The highest BCUT2D eigenvalue weighted by Gasteiger charge is 2.39. The van der Waals surface area contributed by atoms with Crippen LogP contribution >= 0.6 is 0 Å². The van der Waals surface area contributed by atoms with Crippen LogP contribution in [-0.2, 0) is 21.2 Å². The lowest BCUT2D eigenvalue weighted by Gasteiger charge is -2.36. The summed E-state index contributed by atoms with van der Waals surface area (Å²) in [5.74, 6) is -0.406. The van der Waals surface area contributed by atoms with Gasteiger partial charge in [-0.15, -0.1) is 0 Å². The molecule has 2 aromatic rings. The van der Waals surface area contributed by atoms with Crippen LogP contribution < -0.4 is 4.74 Å². The highest BCUT2D eigenvalue weighted by molar-refractivity contribution is 7.92. The number of aryl methyl sites for hydroxylation is 1. The molecule has 6 nitrogen and oxygen atoms in total. The monoisotopic (exact) mass is 403 g/mol. The van der Waals surface area contributed by atoms with Gasteiger partial charge >= 0.3 is 5.97 Å². The van der Waals surface area contributed by atoms with E-state index in [4.69, 9.17) is 4.74 Å². The van der Waals surface area contributed by atoms with Gasteiger partial charge in [-0.2, -0.15) is 0 Å². The maximum atomic E-state index is 13.0. The topological polar surface area (TPSA) is 83.9 Å². The second kappa shape index (κ2) is 8.32. The summed E-state index contributed by atoms with van der Waals surface area (Å²) in [5, 5.41) is 8.99. The summed E-state index contributed by atoms with van der Waals surface area (Å²) in [4.78, 5) is 13.9. The van der Waals surface area contributed by atoms with E-state index in [1.165, 1.54) is 19.2 Å². The van der Waals surface area contributed by atoms with Crippen molar-refractivity contribution < 1.29 is 23.1 Å². The zero-order valence-corrected chi connectivity index (χ0v) is 16.9. The molecule has 1 N–H and O–H groups in total. The molecule has 1 fully saturated rings. The number of carboxylic acids is 1. The summed E-state index contributed by atoms with van der Waals surface area (Å²) in [6.07, 6.45) is 0.486. The summed E-state index contributed by atoms with van der Waals surface area (Å²) in [6.45, 7) is 2.91. The van der Waals surface area contributed by atoms with E-state index in [0.29, 0.717) is 25.3 Å². The number of sulfone groups is 1. The molecule has 150 valence electrons. The lowest BCUT2D eigenvalue weighted by molar-refractivity contribution is -0.144. The molecular weight excluding hydrogens is 378 g/mol. The van der Waals surface area contributed by atoms with Crippen molar-refractivity contribution in [2.75, 3.05) is 13.7 Å². The van der Waals surface area contributed by atoms with Crippen LogP contribution in [-0.4, -0.2) is 49.3 Å². The number of rotatable bonds is 6. The van der Waals surface area contributed by atoms with Gasteiger partial charge in [-0.25, -0.2) is 8.42 Å². The van der Waals surface area contributed by atoms with Crippen molar-refractivity contribution in [3.8, 4) is 5.75 Å². The van der Waals surface area contributed by atoms with Crippen molar-refractivity contribution in [3.63, 3.8) is 0 Å². The third kappa shape index (κ3) is 4.36. The van der Waals surface area contributed by atoms with Crippen molar-refractivity contribution in [1.29, 1.82) is 0 Å². The van der Waals surface area contributed by atoms with E-state index in [1.807, 2.05) is 36.1 Å². The number of carbonyl (C=O) groups is 1. The molecule has 3 rings (SSSR count). The Balaban J connectivity index is 1.77. The number of aliphatic carboxylic acids is 1. The van der Waals surface area contributed by atoms with Crippen molar-refractivity contribution >= 4 is 15.8 Å². The first-order chi connectivity index (χ1) is 13.3. The van der Waals surface area contributed by atoms with E-state index >= 15 is 0 Å². The normalized spacial score (nSPS) is 20.6. The van der Waals surface area contributed by atoms with Crippen LogP contribution in [0.2, 0.25) is 0 Å². The van der Waals surface area contributed by atoms with Crippen molar-refractivity contribution in [3.05, 3.63) is 59.7 Å². The Kier molecular flexibility index (Phi) is 6.05. The molecule has 0 radical (unpaired) electrons. The average molecular weight is 404 g/mol. The zero-order chi connectivity index (χ0) is 20.3. The van der Waals surface area contributed by atoms with Crippen LogP contribution in [0, 0.1) is 6.92 Å². The summed E-state index contributed by atoms with van der Waals surface area (Å²) in [7, 11) is -2.08. The number of hydrogen-bond acceptors (Lipinski definition) is 5. The number of benzene rings is 2. The Hall–Kier alpha value is -2.38. The van der Waals surface area contributed by atoms with Crippen LogP contribution in [0.1, 0.15) is 24.0 Å². The number of methoxy groups -OCH3 is 1. The standard InChI is InChI=1S/C21H25NO5S/c1-15-3-5-16(6-4-15)14-22-12-11-19(13-20(22)21(23)24)28(25,26)18-9-7-17(27-2)8-10-18/h3-10,19-20H,11-14H2,1-2H3,(H,23,24). The van der Waals surface area contributed by atoms with Gasteiger partial charge in [-0.1, -0.05) is 29.8 Å². The molecule has 0 bridgehead atoms. The minimum Gasteiger partial charge on any atom is -0.497 e. The Morgan fingerprint density at radius 3 is 2.36 bits per heavy atom. The van der Waals surface area contributed by atoms with Crippen LogP contribution in [0.15, 0.2) is 53.4 Å². The third-order valence-electron chi connectivity index (χ3n) is 5.28. The zero-order valence-electron chi connectivity index (χ0n) is 16.0. The van der Waals surface area contributed by atoms with Gasteiger partial charge in [0, 0.05) is 13.1 Å². The number of hydrogen-bond donors (Lipinski definition) is 1. The molecule has 1 saturated heterocycles. The van der Waals surface area contributed by atoms with E-state index in [-0.39, 0.29) is 11.3 Å². The molecule has 0 aliphatic carbocycles. The highest BCUT2D eigenvalue weighted by atomic mass is 32.2. The fourth-order valence-electron chi connectivity index (χ4n) is 3.60. The van der Waals surface area contributed by atoms with Gasteiger partial charge in [-0.3, -0.25) is 9.69 Å². The number of piperidine rings is 1. The lowest BCUT2D eigenvalue weighted by atomic mass is 10.0. The molecule has 2 aromatic carbocycles. The maximum absolute atomic E-state index is 13.0. The van der Waals surface area contributed by atoms with Crippen molar-refractivity contribution in [2.24, 2.45) is 0 Å². The first-order valence-corrected chi connectivity index (χ1v) is 10.8. The number of nitrogens with zero attached hydrogens (tertiary/aromatic N) is 1. The van der Waals surface area contributed by atoms with E-state index < -0.39 is 27.1 Å². The fourth-order valence-corrected chi connectivity index (χ4v) is 5.35. The molecule has 0 spiro atoms. The van der Waals surface area contributed by atoms with Crippen molar-refractivity contribution in [1.82, 2.24) is 4.90 Å². The van der Waals surface area contributed by atoms with E-state index in [0.717, 1.165) is 11.1 Å². The van der Waals surface area contributed by atoms with Gasteiger partial charge in [0.25, 0.3) is 0 Å². The van der Waals surface area contributed by atoms with Crippen LogP contribution in [0.4, 0.5) is 0 Å². The first kappa shape index (κ1) is 20.4. The molecule has 1 aliphatic rings. The Morgan fingerprint density at radius 2 is 1.79 bits per heavy atom. The van der Waals surface area contributed by atoms with Gasteiger partial charge in [0.15, 0.2) is 9.84 Å². The Labute approximate surface area is 165 Å². The quantitative estimate of drug-likeness (QED) is 0.798. The summed E-state index contributed by atoms with van der Waals surface area (Å²) in [6, 6.07) is 13.4. The minimum atomic E-state index is -3.60. The molecule has 0 saturated carbocycles. The molecule has 1 heterocycles.